The lowest BCUT2D eigenvalue weighted by Gasteiger charge is -2.46. The molecule has 1 aromatic rings. The number of aromatic nitrogens is 2. The highest BCUT2D eigenvalue weighted by atomic mass is 32.1. The first-order valence-corrected chi connectivity index (χ1v) is 5.71. The van der Waals surface area contributed by atoms with E-state index >= 15 is 0 Å². The van der Waals surface area contributed by atoms with Crippen LogP contribution in [0.5, 0.6) is 0 Å². The van der Waals surface area contributed by atoms with Crippen LogP contribution in [0, 0.1) is 6.92 Å². The van der Waals surface area contributed by atoms with Crippen LogP contribution in [0.1, 0.15) is 11.9 Å². The van der Waals surface area contributed by atoms with Crippen LogP contribution in [0.4, 0.5) is 5.13 Å². The average Bonchev–Trinajstić information content (AvgIpc) is 2.57. The zero-order chi connectivity index (χ0) is 11.8. The molecule has 1 fully saturated rings. The van der Waals surface area contributed by atoms with Crippen LogP contribution in [-0.4, -0.2) is 46.6 Å². The third kappa shape index (κ3) is 2.30. The van der Waals surface area contributed by atoms with Crippen molar-refractivity contribution in [2.24, 2.45) is 0 Å². The molecule has 16 heavy (non-hydrogen) atoms. The van der Waals surface area contributed by atoms with E-state index in [0.717, 1.165) is 10.1 Å². The summed E-state index contributed by atoms with van der Waals surface area (Å²) in [4.78, 5) is 12.4. The third-order valence-corrected chi connectivity index (χ3v) is 3.28. The van der Waals surface area contributed by atoms with Crippen LogP contribution in [0.15, 0.2) is 0 Å². The molecule has 1 aliphatic heterocycles. The van der Waals surface area contributed by atoms with Crippen molar-refractivity contribution in [3.8, 4) is 0 Å². The summed E-state index contributed by atoms with van der Waals surface area (Å²) in [7, 11) is 0. The van der Waals surface area contributed by atoms with Crippen LogP contribution in [0.3, 0.4) is 0 Å². The molecule has 6 nitrogen and oxygen atoms in total. The summed E-state index contributed by atoms with van der Waals surface area (Å²) < 4.78 is 5.30. The molecule has 0 saturated carbocycles. The van der Waals surface area contributed by atoms with Gasteiger partial charge in [-0.1, -0.05) is 11.3 Å². The molecule has 1 N–H and O–H groups in total. The summed E-state index contributed by atoms with van der Waals surface area (Å²) in [5.41, 5.74) is -0.377. The molecular formula is C9H13N3O3S. The van der Waals surface area contributed by atoms with E-state index in [4.69, 9.17) is 9.84 Å². The van der Waals surface area contributed by atoms with Crippen molar-refractivity contribution < 1.29 is 14.6 Å². The Hall–Kier alpha value is -1.21. The lowest BCUT2D eigenvalue weighted by Crippen LogP contribution is -2.62. The van der Waals surface area contributed by atoms with Crippen molar-refractivity contribution in [1.29, 1.82) is 0 Å². The molecule has 88 valence electrons. The molecule has 2 rings (SSSR count). The number of carboxylic acids is 1. The van der Waals surface area contributed by atoms with Gasteiger partial charge in [-0.3, -0.25) is 0 Å². The molecule has 0 amide bonds. The van der Waals surface area contributed by atoms with Crippen molar-refractivity contribution in [1.82, 2.24) is 10.2 Å². The second-order valence-corrected chi connectivity index (χ2v) is 5.25. The number of carbonyl (C=O) groups is 1. The molecule has 0 spiro atoms. The minimum atomic E-state index is -0.938. The predicted octanol–water partition coefficient (Wildman–Crippen LogP) is 0.526. The largest absolute Gasteiger partial charge is 0.480 e. The molecular weight excluding hydrogens is 230 g/mol. The van der Waals surface area contributed by atoms with Crippen LogP contribution in [0.2, 0.25) is 0 Å². The minimum absolute atomic E-state index is 0.251. The smallest absolute Gasteiger partial charge is 0.329 e. The van der Waals surface area contributed by atoms with Gasteiger partial charge < -0.3 is 14.7 Å². The summed E-state index contributed by atoms with van der Waals surface area (Å²) >= 11 is 1.53. The molecule has 0 atom stereocenters. The maximum Gasteiger partial charge on any atom is 0.329 e. The zero-order valence-electron chi connectivity index (χ0n) is 9.13. The van der Waals surface area contributed by atoms with E-state index in [9.17, 15) is 4.79 Å². The Morgan fingerprint density at radius 1 is 1.62 bits per heavy atom. The Kier molecular flexibility index (Phi) is 2.81. The van der Waals surface area contributed by atoms with Gasteiger partial charge >= 0.3 is 5.97 Å². The molecule has 1 aliphatic rings. The molecule has 0 radical (unpaired) electrons. The summed E-state index contributed by atoms with van der Waals surface area (Å²) in [5.74, 6) is -0.938. The van der Waals surface area contributed by atoms with Gasteiger partial charge in [0.1, 0.15) is 17.2 Å². The van der Waals surface area contributed by atoms with Gasteiger partial charge in [0, 0.05) is 0 Å². The van der Waals surface area contributed by atoms with Crippen molar-refractivity contribution in [3.63, 3.8) is 0 Å². The maximum absolute atomic E-state index is 10.4. The number of hydrogen-bond donors (Lipinski definition) is 1. The molecule has 2 heterocycles. The molecule has 0 aromatic carbocycles. The zero-order valence-corrected chi connectivity index (χ0v) is 9.95. The highest BCUT2D eigenvalue weighted by Gasteiger charge is 2.41. The normalized spacial score (nSPS) is 18.2. The summed E-state index contributed by atoms with van der Waals surface area (Å²) in [6.45, 7) is 4.88. The monoisotopic (exact) mass is 243 g/mol. The first-order chi connectivity index (χ1) is 7.48. The summed E-state index contributed by atoms with van der Waals surface area (Å²) in [6, 6.07) is 0. The first kappa shape index (κ1) is 11.3. The third-order valence-electron chi connectivity index (χ3n) is 2.38. The van der Waals surface area contributed by atoms with E-state index < -0.39 is 5.97 Å². The SMILES string of the molecule is Cc1nnc(N2CC(C)(OCC(=O)O)C2)s1. The van der Waals surface area contributed by atoms with Crippen molar-refractivity contribution >= 4 is 22.4 Å². The lowest BCUT2D eigenvalue weighted by molar-refractivity contribution is -0.150. The number of anilines is 1. The topological polar surface area (TPSA) is 75.5 Å². The molecule has 1 saturated heterocycles. The number of ether oxygens (including phenoxy) is 1. The van der Waals surface area contributed by atoms with E-state index in [1.807, 2.05) is 18.7 Å². The molecule has 7 heteroatoms. The van der Waals surface area contributed by atoms with E-state index in [1.165, 1.54) is 11.3 Å². The lowest BCUT2D eigenvalue weighted by atomic mass is 9.97. The highest BCUT2D eigenvalue weighted by Crippen LogP contribution is 2.31. The Labute approximate surface area is 96.9 Å². The Morgan fingerprint density at radius 3 is 2.81 bits per heavy atom. The van der Waals surface area contributed by atoms with Gasteiger partial charge in [0.15, 0.2) is 0 Å². The second kappa shape index (κ2) is 3.99. The summed E-state index contributed by atoms with van der Waals surface area (Å²) in [5, 5.41) is 18.3. The van der Waals surface area contributed by atoms with Crippen molar-refractivity contribution in [3.05, 3.63) is 5.01 Å². The first-order valence-electron chi connectivity index (χ1n) is 4.89. The van der Waals surface area contributed by atoms with Gasteiger partial charge in [-0.2, -0.15) is 0 Å². The van der Waals surface area contributed by atoms with Gasteiger partial charge in [0.25, 0.3) is 0 Å². The van der Waals surface area contributed by atoms with E-state index in [1.54, 1.807) is 0 Å². The highest BCUT2D eigenvalue weighted by molar-refractivity contribution is 7.15. The quantitative estimate of drug-likeness (QED) is 0.831. The maximum atomic E-state index is 10.4. The molecule has 1 aromatic heterocycles. The summed E-state index contributed by atoms with van der Waals surface area (Å²) in [6.07, 6.45) is 0. The number of nitrogens with zero attached hydrogens (tertiary/aromatic N) is 3. The second-order valence-electron chi connectivity index (χ2n) is 4.09. The van der Waals surface area contributed by atoms with Crippen molar-refractivity contribution in [2.75, 3.05) is 24.6 Å². The van der Waals surface area contributed by atoms with Crippen LogP contribution in [-0.2, 0) is 9.53 Å². The standard InChI is InChI=1S/C9H13N3O3S/c1-6-10-11-8(16-6)12-4-9(2,5-12)15-3-7(13)14/h3-5H2,1-2H3,(H,13,14). The van der Waals surface area contributed by atoms with E-state index in [0.29, 0.717) is 13.1 Å². The molecule has 0 unspecified atom stereocenters. The number of hydrogen-bond acceptors (Lipinski definition) is 6. The average molecular weight is 243 g/mol. The van der Waals surface area contributed by atoms with E-state index in [-0.39, 0.29) is 12.2 Å². The Bertz CT molecular complexity index is 400. The number of aliphatic carboxylic acids is 1. The van der Waals surface area contributed by atoms with Gasteiger partial charge in [-0.25, -0.2) is 4.79 Å². The van der Waals surface area contributed by atoms with Crippen LogP contribution >= 0.6 is 11.3 Å². The Balaban J connectivity index is 1.86. The number of rotatable bonds is 4. The fourth-order valence-corrected chi connectivity index (χ4v) is 2.32. The van der Waals surface area contributed by atoms with E-state index in [2.05, 4.69) is 10.2 Å². The van der Waals surface area contributed by atoms with Gasteiger partial charge in [0.05, 0.1) is 13.1 Å². The minimum Gasteiger partial charge on any atom is -0.480 e. The fourth-order valence-electron chi connectivity index (χ4n) is 1.64. The van der Waals surface area contributed by atoms with Gasteiger partial charge in [-0.05, 0) is 13.8 Å². The van der Waals surface area contributed by atoms with Crippen LogP contribution < -0.4 is 4.90 Å². The fraction of sp³-hybridized carbons (Fsp3) is 0.667. The van der Waals surface area contributed by atoms with Crippen LogP contribution in [0.25, 0.3) is 0 Å². The molecule has 0 bridgehead atoms. The number of carboxylic acid groups (broad SMARTS) is 1. The van der Waals surface area contributed by atoms with Gasteiger partial charge in [0.2, 0.25) is 5.13 Å². The predicted molar refractivity (Wildman–Crippen MR) is 58.9 cm³/mol. The van der Waals surface area contributed by atoms with Gasteiger partial charge in [-0.15, -0.1) is 10.2 Å². The Morgan fingerprint density at radius 2 is 2.31 bits per heavy atom. The number of aryl methyl sites for hydroxylation is 1. The van der Waals surface area contributed by atoms with Crippen molar-refractivity contribution in [2.45, 2.75) is 19.4 Å². The molecule has 0 aliphatic carbocycles.